The van der Waals surface area contributed by atoms with Crippen LogP contribution in [0.1, 0.15) is 36.0 Å². The van der Waals surface area contributed by atoms with Crippen LogP contribution in [-0.2, 0) is 9.59 Å². The van der Waals surface area contributed by atoms with Gasteiger partial charge >= 0.3 is 11.9 Å². The number of fused-ring (bicyclic) bond motifs is 4. The largest absolute Gasteiger partial charge is 0.497 e. The van der Waals surface area contributed by atoms with E-state index in [4.69, 9.17) is 25.2 Å². The average molecular weight is 383 g/mol. The molecule has 150 valence electrons. The Labute approximate surface area is 156 Å². The van der Waals surface area contributed by atoms with Crippen LogP contribution >= 0.6 is 0 Å². The molecule has 0 aromatic heterocycles. The van der Waals surface area contributed by atoms with E-state index in [9.17, 15) is 14.7 Å². The van der Waals surface area contributed by atoms with E-state index in [1.807, 2.05) is 12.1 Å². The lowest BCUT2D eigenvalue weighted by molar-refractivity contribution is -0.165. The van der Waals surface area contributed by atoms with Gasteiger partial charge in [-0.15, -0.1) is 0 Å². The van der Waals surface area contributed by atoms with Crippen LogP contribution in [0.5, 0.6) is 5.75 Å². The summed E-state index contributed by atoms with van der Waals surface area (Å²) in [5.41, 5.74) is 2.39. The van der Waals surface area contributed by atoms with Crippen molar-refractivity contribution in [1.29, 1.82) is 0 Å². The SMILES string of the molecule is COc1ccc2c(c1)C1CCN(C)C(C1)C2O.O=C(O)C(O)C(O)C(=O)O. The summed E-state index contributed by atoms with van der Waals surface area (Å²) in [6, 6.07) is 6.36. The number of rotatable bonds is 4. The summed E-state index contributed by atoms with van der Waals surface area (Å²) in [4.78, 5) is 21.8. The number of likely N-dealkylation sites (N-methyl/N-ethyl adjacent to an activating group) is 1. The Morgan fingerprint density at radius 1 is 1.15 bits per heavy atom. The molecule has 27 heavy (non-hydrogen) atoms. The van der Waals surface area contributed by atoms with Gasteiger partial charge in [0.25, 0.3) is 0 Å². The van der Waals surface area contributed by atoms with Crippen molar-refractivity contribution in [2.24, 2.45) is 0 Å². The Balaban J connectivity index is 0.000000227. The number of methoxy groups -OCH3 is 1. The fourth-order valence-electron chi connectivity index (χ4n) is 3.55. The molecule has 1 fully saturated rings. The molecule has 2 bridgehead atoms. The zero-order valence-electron chi connectivity index (χ0n) is 15.1. The highest BCUT2D eigenvalue weighted by atomic mass is 16.5. The van der Waals surface area contributed by atoms with Crippen LogP contribution < -0.4 is 4.74 Å². The number of aliphatic carboxylic acids is 2. The van der Waals surface area contributed by atoms with Gasteiger partial charge in [0.2, 0.25) is 0 Å². The molecule has 0 amide bonds. The molecule has 0 saturated carbocycles. The number of hydrogen-bond acceptors (Lipinski definition) is 7. The maximum Gasteiger partial charge on any atom is 0.335 e. The fourth-order valence-corrected chi connectivity index (χ4v) is 3.55. The zero-order valence-corrected chi connectivity index (χ0v) is 15.1. The lowest BCUT2D eigenvalue weighted by atomic mass is 9.74. The highest BCUT2D eigenvalue weighted by molar-refractivity contribution is 5.83. The first-order valence-electron chi connectivity index (χ1n) is 8.55. The van der Waals surface area contributed by atoms with Gasteiger partial charge in [0.15, 0.2) is 12.2 Å². The molecule has 5 atom stereocenters. The standard InChI is InChI=1S/C14H19NO2.C4H6O6/c1-15-6-5-9-7-13(15)14(16)11-4-3-10(17-2)8-12(9)11;5-1(3(7)8)2(6)4(9)10/h3-4,8-9,13-14,16H,5-7H2,1-2H3;1-2,5-6H,(H,7,8)(H,9,10). The third-order valence-electron chi connectivity index (χ3n) is 5.14. The first-order chi connectivity index (χ1) is 12.7. The number of piperidine rings is 1. The summed E-state index contributed by atoms with van der Waals surface area (Å²) in [6.07, 6.45) is -2.63. The van der Waals surface area contributed by atoms with Crippen molar-refractivity contribution >= 4 is 11.9 Å². The highest BCUT2D eigenvalue weighted by Crippen LogP contribution is 2.45. The van der Waals surface area contributed by atoms with E-state index in [0.29, 0.717) is 5.92 Å². The van der Waals surface area contributed by atoms with Gasteiger partial charge in [0.05, 0.1) is 13.2 Å². The number of aliphatic hydroxyl groups is 3. The van der Waals surface area contributed by atoms with E-state index in [-0.39, 0.29) is 12.1 Å². The zero-order chi connectivity index (χ0) is 20.3. The summed E-state index contributed by atoms with van der Waals surface area (Å²) < 4.78 is 5.28. The quantitative estimate of drug-likeness (QED) is 0.476. The minimum Gasteiger partial charge on any atom is -0.497 e. The maximum absolute atomic E-state index is 10.4. The van der Waals surface area contributed by atoms with Crippen LogP contribution in [-0.4, -0.2) is 81.3 Å². The smallest absolute Gasteiger partial charge is 0.335 e. The molecule has 3 rings (SSSR count). The molecule has 1 heterocycles. The average Bonchev–Trinajstić information content (AvgIpc) is 2.66. The van der Waals surface area contributed by atoms with Gasteiger partial charge in [-0.05, 0) is 55.6 Å². The summed E-state index contributed by atoms with van der Waals surface area (Å²) in [7, 11) is 3.80. The number of nitrogens with zero attached hydrogens (tertiary/aromatic N) is 1. The van der Waals surface area contributed by atoms with Gasteiger partial charge in [-0.2, -0.15) is 0 Å². The van der Waals surface area contributed by atoms with E-state index in [1.54, 1.807) is 7.11 Å². The molecule has 9 nitrogen and oxygen atoms in total. The third kappa shape index (κ3) is 4.56. The summed E-state index contributed by atoms with van der Waals surface area (Å²) in [5, 5.41) is 43.0. The van der Waals surface area contributed by atoms with Crippen molar-refractivity contribution in [2.45, 2.75) is 43.1 Å². The predicted molar refractivity (Wildman–Crippen MR) is 93.6 cm³/mol. The molecule has 2 aliphatic rings. The van der Waals surface area contributed by atoms with Crippen LogP contribution in [0.25, 0.3) is 0 Å². The van der Waals surface area contributed by atoms with Crippen molar-refractivity contribution in [1.82, 2.24) is 4.90 Å². The van der Waals surface area contributed by atoms with Crippen LogP contribution in [0.3, 0.4) is 0 Å². The van der Waals surface area contributed by atoms with E-state index < -0.39 is 24.1 Å². The number of hydrogen-bond donors (Lipinski definition) is 5. The number of carboxylic acids is 2. The first kappa shape index (κ1) is 21.1. The van der Waals surface area contributed by atoms with Gasteiger partial charge in [0, 0.05) is 6.04 Å². The Bertz CT molecular complexity index is 676. The Morgan fingerprint density at radius 3 is 2.26 bits per heavy atom. The molecular weight excluding hydrogens is 358 g/mol. The second-order valence-electron chi connectivity index (χ2n) is 6.78. The molecule has 1 aliphatic carbocycles. The Morgan fingerprint density at radius 2 is 1.74 bits per heavy atom. The number of ether oxygens (including phenoxy) is 1. The number of carbonyl (C=O) groups is 2. The number of likely N-dealkylation sites (tertiary alicyclic amines) is 1. The maximum atomic E-state index is 10.4. The normalized spacial score (nSPS) is 26.0. The topological polar surface area (TPSA) is 148 Å². The Kier molecular flexibility index (Phi) is 6.77. The van der Waals surface area contributed by atoms with Crippen LogP contribution in [0.15, 0.2) is 18.2 Å². The van der Waals surface area contributed by atoms with E-state index >= 15 is 0 Å². The van der Waals surface area contributed by atoms with Gasteiger partial charge in [-0.25, -0.2) is 9.59 Å². The summed E-state index contributed by atoms with van der Waals surface area (Å²) >= 11 is 0. The Hall–Kier alpha value is -2.20. The molecule has 1 saturated heterocycles. The van der Waals surface area contributed by atoms with Gasteiger partial charge in [0.1, 0.15) is 5.75 Å². The number of aliphatic hydroxyl groups excluding tert-OH is 3. The van der Waals surface area contributed by atoms with E-state index in [1.165, 1.54) is 12.0 Å². The van der Waals surface area contributed by atoms with Crippen LogP contribution in [0.2, 0.25) is 0 Å². The molecule has 9 heteroatoms. The molecule has 0 radical (unpaired) electrons. The molecular formula is C18H25NO8. The van der Waals surface area contributed by atoms with Gasteiger partial charge in [-0.3, -0.25) is 0 Å². The molecule has 1 aromatic carbocycles. The van der Waals surface area contributed by atoms with E-state index in [0.717, 1.165) is 24.3 Å². The molecule has 1 aliphatic heterocycles. The second kappa shape index (κ2) is 8.66. The predicted octanol–water partition coefficient (Wildman–Crippen LogP) is -0.203. The highest BCUT2D eigenvalue weighted by Gasteiger charge is 2.39. The molecule has 0 spiro atoms. The molecule has 1 aromatic rings. The minimum absolute atomic E-state index is 0.287. The first-order valence-corrected chi connectivity index (χ1v) is 8.55. The molecule has 5 unspecified atom stereocenters. The molecule has 5 N–H and O–H groups in total. The van der Waals surface area contributed by atoms with E-state index in [2.05, 4.69) is 18.0 Å². The summed E-state index contributed by atoms with van der Waals surface area (Å²) in [5.74, 6) is -2.05. The van der Waals surface area contributed by atoms with Crippen molar-refractivity contribution in [2.75, 3.05) is 20.7 Å². The summed E-state index contributed by atoms with van der Waals surface area (Å²) in [6.45, 7) is 1.07. The minimum atomic E-state index is -2.27. The third-order valence-corrected chi connectivity index (χ3v) is 5.14. The van der Waals surface area contributed by atoms with Crippen LogP contribution in [0, 0.1) is 0 Å². The van der Waals surface area contributed by atoms with Gasteiger partial charge in [-0.1, -0.05) is 6.07 Å². The number of benzene rings is 1. The second-order valence-corrected chi connectivity index (χ2v) is 6.78. The number of carboxylic acid groups (broad SMARTS) is 2. The monoisotopic (exact) mass is 383 g/mol. The van der Waals surface area contributed by atoms with Gasteiger partial charge < -0.3 is 35.2 Å². The lowest BCUT2D eigenvalue weighted by Crippen LogP contribution is -2.46. The van der Waals surface area contributed by atoms with Crippen molar-refractivity contribution < 1.29 is 39.9 Å². The van der Waals surface area contributed by atoms with Crippen molar-refractivity contribution in [3.63, 3.8) is 0 Å². The van der Waals surface area contributed by atoms with Crippen molar-refractivity contribution in [3.05, 3.63) is 29.3 Å². The lowest BCUT2D eigenvalue weighted by Gasteiger charge is -2.45. The van der Waals surface area contributed by atoms with Crippen molar-refractivity contribution in [3.8, 4) is 5.75 Å². The van der Waals surface area contributed by atoms with Crippen LogP contribution in [0.4, 0.5) is 0 Å². The fraction of sp³-hybridized carbons (Fsp3) is 0.556.